The molecule has 6 aromatic rings. The molecule has 1 aromatic heterocycles. The van der Waals surface area contributed by atoms with Gasteiger partial charge in [-0.2, -0.15) is 0 Å². The number of rotatable bonds is 4. The average Bonchev–Trinajstić information content (AvgIpc) is 3.47. The van der Waals surface area contributed by atoms with Gasteiger partial charge < -0.3 is 4.90 Å². The second kappa shape index (κ2) is 8.82. The van der Waals surface area contributed by atoms with Crippen LogP contribution in [0.2, 0.25) is 0 Å². The predicted molar refractivity (Wildman–Crippen MR) is 166 cm³/mol. The molecule has 37 heavy (non-hydrogen) atoms. The number of halogens is 1. The molecule has 4 heteroatoms. The monoisotopic (exact) mass is 606 g/mol. The summed E-state index contributed by atoms with van der Waals surface area (Å²) in [5.41, 5.74) is 11.0. The number of thiazole rings is 1. The second-order valence-electron chi connectivity index (χ2n) is 9.49. The summed E-state index contributed by atoms with van der Waals surface area (Å²) >= 11 is 4.39. The molecule has 0 spiro atoms. The molecule has 0 amide bonds. The fraction of sp³-hybridized carbons (Fsp3) is 0.0606. The summed E-state index contributed by atoms with van der Waals surface area (Å²) in [5, 5.41) is 1.08. The van der Waals surface area contributed by atoms with Crippen molar-refractivity contribution in [1.29, 1.82) is 0 Å². The van der Waals surface area contributed by atoms with Crippen LogP contribution >= 0.6 is 33.9 Å². The van der Waals surface area contributed by atoms with Crippen molar-refractivity contribution < 1.29 is 0 Å². The standard InChI is InChI=1S/C33H23IN2S/c1-33(34)28-20-22(32-35-30-14-8-9-15-31(30)37-32)16-18-26(28)27-19-17-25(21-29(27)33)36(23-10-4-2-5-11-23)24-12-6-3-7-13-24/h2-21H,1H3. The van der Waals surface area contributed by atoms with Crippen LogP contribution in [-0.4, -0.2) is 4.98 Å². The van der Waals surface area contributed by atoms with Crippen LogP contribution in [0.3, 0.4) is 0 Å². The Labute approximate surface area is 234 Å². The number of nitrogens with zero attached hydrogens (tertiary/aromatic N) is 2. The van der Waals surface area contributed by atoms with Gasteiger partial charge in [-0.3, -0.25) is 0 Å². The van der Waals surface area contributed by atoms with E-state index in [2.05, 4.69) is 156 Å². The summed E-state index contributed by atoms with van der Waals surface area (Å²) in [6.07, 6.45) is 0. The van der Waals surface area contributed by atoms with Crippen molar-refractivity contribution in [3.05, 3.63) is 132 Å². The van der Waals surface area contributed by atoms with E-state index in [0.717, 1.165) is 21.9 Å². The van der Waals surface area contributed by atoms with Crippen LogP contribution in [0, 0.1) is 0 Å². The Morgan fingerprint density at radius 1 is 0.649 bits per heavy atom. The molecule has 0 N–H and O–H groups in total. The average molecular weight is 607 g/mol. The summed E-state index contributed by atoms with van der Waals surface area (Å²) in [4.78, 5) is 7.26. The van der Waals surface area contributed by atoms with Gasteiger partial charge in [0.1, 0.15) is 5.01 Å². The first-order chi connectivity index (χ1) is 18.1. The SMILES string of the molecule is CC1(I)c2cc(-c3nc4ccccc4s3)ccc2-c2ccc(N(c3ccccc3)c3ccccc3)cc21. The molecule has 7 rings (SSSR count). The van der Waals surface area contributed by atoms with Crippen molar-refractivity contribution in [2.45, 2.75) is 10.3 Å². The summed E-state index contributed by atoms with van der Waals surface area (Å²) in [7, 11) is 0. The van der Waals surface area contributed by atoms with E-state index >= 15 is 0 Å². The van der Waals surface area contributed by atoms with E-state index in [1.807, 2.05) is 0 Å². The molecule has 5 aromatic carbocycles. The molecule has 0 aliphatic heterocycles. The van der Waals surface area contributed by atoms with Crippen LogP contribution in [0.15, 0.2) is 121 Å². The van der Waals surface area contributed by atoms with Crippen LogP contribution in [0.1, 0.15) is 18.1 Å². The van der Waals surface area contributed by atoms with Crippen molar-refractivity contribution in [1.82, 2.24) is 4.98 Å². The minimum atomic E-state index is -0.149. The first kappa shape index (κ1) is 22.7. The molecular weight excluding hydrogens is 583 g/mol. The van der Waals surface area contributed by atoms with Gasteiger partial charge in [0, 0.05) is 22.6 Å². The van der Waals surface area contributed by atoms with Gasteiger partial charge >= 0.3 is 0 Å². The van der Waals surface area contributed by atoms with Crippen LogP contribution in [-0.2, 0) is 3.42 Å². The molecule has 0 radical (unpaired) electrons. The number of benzene rings is 5. The van der Waals surface area contributed by atoms with Gasteiger partial charge in [-0.15, -0.1) is 11.3 Å². The third-order valence-corrected chi connectivity index (χ3v) is 9.40. The van der Waals surface area contributed by atoms with E-state index in [1.165, 1.54) is 38.2 Å². The number of anilines is 3. The molecule has 0 fully saturated rings. The zero-order valence-electron chi connectivity index (χ0n) is 20.2. The van der Waals surface area contributed by atoms with Gasteiger partial charge in [-0.1, -0.05) is 89.3 Å². The minimum absolute atomic E-state index is 0.149. The molecule has 1 atom stereocenters. The number of fused-ring (bicyclic) bond motifs is 4. The normalized spacial score (nSPS) is 15.9. The third kappa shape index (κ3) is 3.78. The molecule has 1 unspecified atom stereocenters. The lowest BCUT2D eigenvalue weighted by Crippen LogP contribution is -2.13. The molecule has 2 nitrogen and oxygen atoms in total. The van der Waals surface area contributed by atoms with Gasteiger partial charge in [-0.25, -0.2) is 4.98 Å². The maximum absolute atomic E-state index is 4.92. The number of hydrogen-bond donors (Lipinski definition) is 0. The first-order valence-electron chi connectivity index (χ1n) is 12.3. The van der Waals surface area contributed by atoms with Crippen molar-refractivity contribution in [3.63, 3.8) is 0 Å². The van der Waals surface area contributed by atoms with Crippen molar-refractivity contribution in [3.8, 4) is 21.7 Å². The summed E-state index contributed by atoms with van der Waals surface area (Å²) in [6.45, 7) is 2.33. The Bertz CT molecular complexity index is 1680. The number of alkyl halides is 1. The lowest BCUT2D eigenvalue weighted by molar-refractivity contribution is 0.915. The van der Waals surface area contributed by atoms with Crippen LogP contribution in [0.4, 0.5) is 17.1 Å². The van der Waals surface area contributed by atoms with Crippen LogP contribution in [0.25, 0.3) is 31.9 Å². The minimum Gasteiger partial charge on any atom is -0.310 e. The molecule has 0 saturated carbocycles. The highest BCUT2D eigenvalue weighted by atomic mass is 127. The number of para-hydroxylation sites is 3. The fourth-order valence-electron chi connectivity index (χ4n) is 5.34. The highest BCUT2D eigenvalue weighted by Crippen LogP contribution is 2.55. The van der Waals surface area contributed by atoms with E-state index in [1.54, 1.807) is 11.3 Å². The van der Waals surface area contributed by atoms with E-state index in [0.29, 0.717) is 0 Å². The second-order valence-corrected chi connectivity index (χ2v) is 12.7. The smallest absolute Gasteiger partial charge is 0.124 e. The molecule has 1 aliphatic rings. The lowest BCUT2D eigenvalue weighted by Gasteiger charge is -2.27. The topological polar surface area (TPSA) is 16.1 Å². The molecule has 0 bridgehead atoms. The Balaban J connectivity index is 1.34. The molecular formula is C33H23IN2S. The third-order valence-electron chi connectivity index (χ3n) is 7.15. The summed E-state index contributed by atoms with van der Waals surface area (Å²) < 4.78 is 1.08. The predicted octanol–water partition coefficient (Wildman–Crippen LogP) is 10.1. The van der Waals surface area contributed by atoms with E-state index < -0.39 is 0 Å². The molecule has 1 heterocycles. The summed E-state index contributed by atoms with van der Waals surface area (Å²) in [5.74, 6) is 0. The van der Waals surface area contributed by atoms with Gasteiger partial charge in [0.2, 0.25) is 0 Å². The van der Waals surface area contributed by atoms with Gasteiger partial charge in [-0.05, 0) is 83.8 Å². The van der Waals surface area contributed by atoms with Crippen LogP contribution < -0.4 is 4.90 Å². The van der Waals surface area contributed by atoms with Gasteiger partial charge in [0.25, 0.3) is 0 Å². The van der Waals surface area contributed by atoms with Crippen molar-refractivity contribution in [2.24, 2.45) is 0 Å². The number of hydrogen-bond acceptors (Lipinski definition) is 3. The Morgan fingerprint density at radius 3 is 1.92 bits per heavy atom. The highest BCUT2D eigenvalue weighted by molar-refractivity contribution is 14.1. The largest absolute Gasteiger partial charge is 0.310 e. The lowest BCUT2D eigenvalue weighted by atomic mass is 9.97. The maximum Gasteiger partial charge on any atom is 0.124 e. The fourth-order valence-corrected chi connectivity index (χ4v) is 7.19. The quantitative estimate of drug-likeness (QED) is 0.147. The Kier molecular flexibility index (Phi) is 5.41. The molecule has 0 saturated heterocycles. The van der Waals surface area contributed by atoms with E-state index in [9.17, 15) is 0 Å². The highest BCUT2D eigenvalue weighted by Gasteiger charge is 2.38. The van der Waals surface area contributed by atoms with E-state index in [4.69, 9.17) is 4.98 Å². The Hall–Kier alpha value is -3.48. The van der Waals surface area contributed by atoms with Crippen molar-refractivity contribution >= 4 is 61.2 Å². The summed E-state index contributed by atoms with van der Waals surface area (Å²) in [6, 6.07) is 43.4. The Morgan fingerprint density at radius 2 is 1.24 bits per heavy atom. The number of aromatic nitrogens is 1. The van der Waals surface area contributed by atoms with E-state index in [-0.39, 0.29) is 3.42 Å². The van der Waals surface area contributed by atoms with Crippen molar-refractivity contribution in [2.75, 3.05) is 4.90 Å². The zero-order chi connectivity index (χ0) is 25.0. The molecule has 178 valence electrons. The van der Waals surface area contributed by atoms with Gasteiger partial charge in [0.05, 0.1) is 13.6 Å². The van der Waals surface area contributed by atoms with Gasteiger partial charge in [0.15, 0.2) is 0 Å². The zero-order valence-corrected chi connectivity index (χ0v) is 23.2. The first-order valence-corrected chi connectivity index (χ1v) is 14.2. The maximum atomic E-state index is 4.92. The molecule has 1 aliphatic carbocycles. The van der Waals surface area contributed by atoms with Crippen LogP contribution in [0.5, 0.6) is 0 Å².